The molecular formula is C17H22O. The topological polar surface area (TPSA) is 17.1 Å². The number of rotatable bonds is 0. The Morgan fingerprint density at radius 3 is 2.61 bits per heavy atom. The molecule has 0 radical (unpaired) electrons. The summed E-state index contributed by atoms with van der Waals surface area (Å²) in [6, 6.07) is 8.28. The Morgan fingerprint density at radius 1 is 1.11 bits per heavy atom. The van der Waals surface area contributed by atoms with Crippen LogP contribution in [0.2, 0.25) is 0 Å². The van der Waals surface area contributed by atoms with Gasteiger partial charge in [-0.3, -0.25) is 4.79 Å². The van der Waals surface area contributed by atoms with Gasteiger partial charge in [0.05, 0.1) is 0 Å². The molecule has 0 N–H and O–H groups in total. The molecular weight excluding hydrogens is 220 g/mol. The summed E-state index contributed by atoms with van der Waals surface area (Å²) in [6.45, 7) is 7.07. The van der Waals surface area contributed by atoms with Crippen molar-refractivity contribution < 1.29 is 4.79 Å². The first-order valence-electron chi connectivity index (χ1n) is 7.08. The number of carbonyl (C=O) groups is 1. The van der Waals surface area contributed by atoms with Crippen molar-refractivity contribution in [2.24, 2.45) is 11.3 Å². The summed E-state index contributed by atoms with van der Waals surface area (Å²) in [5.74, 6) is 0.851. The van der Waals surface area contributed by atoms with Gasteiger partial charge in [0.15, 0.2) is 5.78 Å². The van der Waals surface area contributed by atoms with E-state index >= 15 is 0 Å². The molecule has 18 heavy (non-hydrogen) atoms. The van der Waals surface area contributed by atoms with Crippen molar-refractivity contribution in [2.45, 2.75) is 51.9 Å². The molecule has 0 bridgehead atoms. The van der Waals surface area contributed by atoms with Crippen LogP contribution in [0, 0.1) is 11.3 Å². The Kier molecular flexibility index (Phi) is 2.45. The predicted octanol–water partition coefficient (Wildman–Crippen LogP) is 4.36. The van der Waals surface area contributed by atoms with Gasteiger partial charge >= 0.3 is 0 Å². The lowest BCUT2D eigenvalue weighted by Crippen LogP contribution is -2.49. The van der Waals surface area contributed by atoms with E-state index in [1.807, 2.05) is 12.1 Å². The second-order valence-corrected chi connectivity index (χ2v) is 6.99. The Bertz CT molecular complexity index is 500. The number of hydrogen-bond donors (Lipinski definition) is 0. The Morgan fingerprint density at radius 2 is 1.83 bits per heavy atom. The molecule has 0 spiro atoms. The third-order valence-electron chi connectivity index (χ3n) is 5.46. The third kappa shape index (κ3) is 1.49. The summed E-state index contributed by atoms with van der Waals surface area (Å²) in [4.78, 5) is 12.4. The average molecular weight is 242 g/mol. The van der Waals surface area contributed by atoms with Gasteiger partial charge in [0, 0.05) is 12.0 Å². The standard InChI is InChI=1S/C17H22O/c1-16(2)9-6-10-17(3)13-8-5-4-7-12(13)14(18)11-15(16)17/h4-5,7-8,15H,6,9-11H2,1-3H3/t15-,17+/m0/s1. The number of carbonyl (C=O) groups excluding carboxylic acids is 1. The van der Waals surface area contributed by atoms with Crippen molar-refractivity contribution in [3.05, 3.63) is 35.4 Å². The number of Topliss-reactive ketones (excluding diaryl/α,β-unsaturated/α-hetero) is 1. The molecule has 0 saturated heterocycles. The van der Waals surface area contributed by atoms with Crippen LogP contribution in [-0.2, 0) is 5.41 Å². The first kappa shape index (κ1) is 12.0. The number of ketones is 1. The van der Waals surface area contributed by atoms with Crippen molar-refractivity contribution in [3.8, 4) is 0 Å². The Labute approximate surface area is 110 Å². The van der Waals surface area contributed by atoms with E-state index in [0.717, 1.165) is 12.0 Å². The summed E-state index contributed by atoms with van der Waals surface area (Å²) in [5, 5.41) is 0. The van der Waals surface area contributed by atoms with Crippen LogP contribution in [0.15, 0.2) is 24.3 Å². The van der Waals surface area contributed by atoms with E-state index in [1.54, 1.807) is 0 Å². The predicted molar refractivity (Wildman–Crippen MR) is 73.9 cm³/mol. The van der Waals surface area contributed by atoms with Gasteiger partial charge in [-0.05, 0) is 35.2 Å². The zero-order valence-corrected chi connectivity index (χ0v) is 11.6. The van der Waals surface area contributed by atoms with Crippen molar-refractivity contribution in [3.63, 3.8) is 0 Å². The molecule has 1 heteroatoms. The minimum absolute atomic E-state index is 0.201. The molecule has 1 aromatic carbocycles. The maximum atomic E-state index is 12.4. The highest BCUT2D eigenvalue weighted by molar-refractivity contribution is 5.99. The van der Waals surface area contributed by atoms with Crippen LogP contribution in [0.5, 0.6) is 0 Å². The summed E-state index contributed by atoms with van der Waals surface area (Å²) in [7, 11) is 0. The van der Waals surface area contributed by atoms with E-state index in [0.29, 0.717) is 11.7 Å². The molecule has 0 amide bonds. The van der Waals surface area contributed by atoms with Crippen molar-refractivity contribution in [1.82, 2.24) is 0 Å². The summed E-state index contributed by atoms with van der Waals surface area (Å²) < 4.78 is 0. The molecule has 0 aromatic heterocycles. The maximum Gasteiger partial charge on any atom is 0.163 e. The fourth-order valence-electron chi connectivity index (χ4n) is 4.47. The van der Waals surface area contributed by atoms with E-state index in [1.165, 1.54) is 24.8 Å². The van der Waals surface area contributed by atoms with Gasteiger partial charge in [0.2, 0.25) is 0 Å². The van der Waals surface area contributed by atoms with Crippen LogP contribution in [-0.4, -0.2) is 5.78 Å². The average Bonchev–Trinajstić information content (AvgIpc) is 2.33. The van der Waals surface area contributed by atoms with Gasteiger partial charge in [-0.2, -0.15) is 0 Å². The zero-order chi connectivity index (χ0) is 13.0. The van der Waals surface area contributed by atoms with Gasteiger partial charge in [-0.25, -0.2) is 0 Å². The monoisotopic (exact) mass is 242 g/mol. The number of benzene rings is 1. The number of fused-ring (bicyclic) bond motifs is 3. The van der Waals surface area contributed by atoms with Crippen LogP contribution < -0.4 is 0 Å². The van der Waals surface area contributed by atoms with Gasteiger partial charge in [-0.15, -0.1) is 0 Å². The minimum atomic E-state index is 0.201. The summed E-state index contributed by atoms with van der Waals surface area (Å²) in [5.41, 5.74) is 2.77. The Balaban J connectivity index is 2.18. The molecule has 2 aliphatic carbocycles. The molecule has 0 aliphatic heterocycles. The molecule has 96 valence electrons. The van der Waals surface area contributed by atoms with E-state index < -0.39 is 0 Å². The highest BCUT2D eigenvalue weighted by atomic mass is 16.1. The molecule has 1 nitrogen and oxygen atoms in total. The smallest absolute Gasteiger partial charge is 0.163 e. The van der Waals surface area contributed by atoms with E-state index in [2.05, 4.69) is 32.9 Å². The maximum absolute atomic E-state index is 12.4. The summed E-state index contributed by atoms with van der Waals surface area (Å²) in [6.07, 6.45) is 4.50. The fraction of sp³-hybridized carbons (Fsp3) is 0.588. The van der Waals surface area contributed by atoms with Gasteiger partial charge in [0.25, 0.3) is 0 Å². The first-order valence-corrected chi connectivity index (χ1v) is 7.08. The lowest BCUT2D eigenvalue weighted by atomic mass is 9.50. The Hall–Kier alpha value is -1.11. The second-order valence-electron chi connectivity index (χ2n) is 6.99. The van der Waals surface area contributed by atoms with E-state index in [9.17, 15) is 4.79 Å². The van der Waals surface area contributed by atoms with Gasteiger partial charge < -0.3 is 0 Å². The molecule has 1 saturated carbocycles. The largest absolute Gasteiger partial charge is 0.294 e. The van der Waals surface area contributed by atoms with Crippen molar-refractivity contribution >= 4 is 5.78 Å². The van der Waals surface area contributed by atoms with Crippen LogP contribution in [0.4, 0.5) is 0 Å². The highest BCUT2D eigenvalue weighted by Crippen LogP contribution is 2.56. The highest BCUT2D eigenvalue weighted by Gasteiger charge is 2.51. The molecule has 1 aromatic rings. The van der Waals surface area contributed by atoms with Crippen LogP contribution in [0.1, 0.15) is 62.4 Å². The second kappa shape index (κ2) is 3.69. The molecule has 3 rings (SSSR count). The van der Waals surface area contributed by atoms with E-state index in [-0.39, 0.29) is 10.8 Å². The zero-order valence-electron chi connectivity index (χ0n) is 11.6. The molecule has 2 atom stereocenters. The fourth-order valence-corrected chi connectivity index (χ4v) is 4.47. The number of hydrogen-bond acceptors (Lipinski definition) is 1. The van der Waals surface area contributed by atoms with Gasteiger partial charge in [0.1, 0.15) is 0 Å². The molecule has 0 heterocycles. The minimum Gasteiger partial charge on any atom is -0.294 e. The third-order valence-corrected chi connectivity index (χ3v) is 5.46. The van der Waals surface area contributed by atoms with Crippen molar-refractivity contribution in [1.29, 1.82) is 0 Å². The molecule has 2 aliphatic rings. The SMILES string of the molecule is CC1(C)CCC[C@]2(C)c3ccccc3C(=O)C[C@@H]12. The van der Waals surface area contributed by atoms with Crippen LogP contribution in [0.3, 0.4) is 0 Å². The van der Waals surface area contributed by atoms with E-state index in [4.69, 9.17) is 0 Å². The lowest BCUT2D eigenvalue weighted by Gasteiger charge is -2.53. The first-order chi connectivity index (χ1) is 8.45. The van der Waals surface area contributed by atoms with Crippen LogP contribution in [0.25, 0.3) is 0 Å². The quantitative estimate of drug-likeness (QED) is 0.660. The van der Waals surface area contributed by atoms with Crippen molar-refractivity contribution in [2.75, 3.05) is 0 Å². The lowest BCUT2D eigenvalue weighted by molar-refractivity contribution is 0.0369. The van der Waals surface area contributed by atoms with Crippen LogP contribution >= 0.6 is 0 Å². The van der Waals surface area contributed by atoms with Gasteiger partial charge in [-0.1, -0.05) is 51.5 Å². The summed E-state index contributed by atoms with van der Waals surface area (Å²) >= 11 is 0. The molecule has 0 unspecified atom stereocenters. The molecule has 1 fully saturated rings. The normalized spacial score (nSPS) is 33.7.